The van der Waals surface area contributed by atoms with Crippen LogP contribution in [0.5, 0.6) is 0 Å². The molecule has 0 bridgehead atoms. The zero-order valence-electron chi connectivity index (χ0n) is 15.9. The summed E-state index contributed by atoms with van der Waals surface area (Å²) in [7, 11) is -3.45. The molecule has 0 amide bonds. The second kappa shape index (κ2) is 9.05. The molecule has 5 N–H and O–H groups in total. The standard InChI is InChI=1S/C16H12N2.C5H14N2O2S/c1-2-7-13-12(6-1)15-14(18-13)9-8-11-5-3-4-10-17-16(11)15;1-2-3-4-5-7-10(6,8)9/h1-10,17-18H;7H,2-5H2,1H3,(H2,6,8,9). The quantitative estimate of drug-likeness (QED) is 0.484. The van der Waals surface area contributed by atoms with E-state index in [4.69, 9.17) is 0 Å². The summed E-state index contributed by atoms with van der Waals surface area (Å²) in [6.07, 6.45) is 11.1. The molecule has 0 unspecified atom stereocenters. The SMILES string of the molecule is C1=CNc2c(ccc3[nH]c4ccccc4c23)C=C1.CCCCCNS(N)(=O)=O. The Balaban J connectivity index is 0.000000195. The van der Waals surface area contributed by atoms with Crippen molar-refractivity contribution >= 4 is 43.8 Å². The molecule has 0 spiro atoms. The number of H-pyrrole nitrogens is 1. The highest BCUT2D eigenvalue weighted by molar-refractivity contribution is 7.87. The largest absolute Gasteiger partial charge is 0.361 e. The monoisotopic (exact) mass is 398 g/mol. The molecule has 0 atom stereocenters. The summed E-state index contributed by atoms with van der Waals surface area (Å²) in [6, 6.07) is 12.7. The van der Waals surface area contributed by atoms with Gasteiger partial charge in [0.15, 0.2) is 0 Å². The molecule has 3 aromatic rings. The Kier molecular flexibility index (Phi) is 6.51. The zero-order chi connectivity index (χ0) is 20.0. The maximum atomic E-state index is 10.3. The fourth-order valence-electron chi connectivity index (χ4n) is 3.19. The van der Waals surface area contributed by atoms with Crippen LogP contribution < -0.4 is 15.2 Å². The third-order valence-corrected chi connectivity index (χ3v) is 5.10. The van der Waals surface area contributed by atoms with E-state index in [0.717, 1.165) is 19.3 Å². The van der Waals surface area contributed by atoms with E-state index in [9.17, 15) is 8.42 Å². The maximum absolute atomic E-state index is 10.3. The molecule has 0 fully saturated rings. The first-order valence-electron chi connectivity index (χ1n) is 9.40. The van der Waals surface area contributed by atoms with Crippen LogP contribution in [-0.4, -0.2) is 19.9 Å². The summed E-state index contributed by atoms with van der Waals surface area (Å²) in [5, 5.41) is 10.6. The Hall–Kier alpha value is -2.61. The van der Waals surface area contributed by atoms with E-state index >= 15 is 0 Å². The predicted molar refractivity (Wildman–Crippen MR) is 118 cm³/mol. The van der Waals surface area contributed by atoms with Crippen molar-refractivity contribution in [2.45, 2.75) is 26.2 Å². The van der Waals surface area contributed by atoms with Gasteiger partial charge in [-0.05, 0) is 30.2 Å². The van der Waals surface area contributed by atoms with Gasteiger partial charge in [-0.3, -0.25) is 0 Å². The van der Waals surface area contributed by atoms with Gasteiger partial charge in [-0.25, -0.2) is 9.86 Å². The fraction of sp³-hybridized carbons (Fsp3) is 0.238. The summed E-state index contributed by atoms with van der Waals surface area (Å²) in [5.74, 6) is 0. The van der Waals surface area contributed by atoms with E-state index < -0.39 is 10.2 Å². The van der Waals surface area contributed by atoms with Gasteiger partial charge in [0.25, 0.3) is 10.2 Å². The molecule has 0 radical (unpaired) electrons. The number of fused-ring (bicyclic) bond motifs is 5. The number of aromatic nitrogens is 1. The molecular formula is C21H26N4O2S. The lowest BCUT2D eigenvalue weighted by Crippen LogP contribution is -2.31. The van der Waals surface area contributed by atoms with Crippen molar-refractivity contribution in [3.63, 3.8) is 0 Å². The molecule has 2 aromatic carbocycles. The number of unbranched alkanes of at least 4 members (excludes halogenated alkanes) is 2. The first-order chi connectivity index (χ1) is 13.5. The fourth-order valence-corrected chi connectivity index (χ4v) is 3.62. The van der Waals surface area contributed by atoms with Crippen molar-refractivity contribution in [2.75, 3.05) is 11.9 Å². The van der Waals surface area contributed by atoms with Gasteiger partial charge in [0.1, 0.15) is 0 Å². The van der Waals surface area contributed by atoms with Crippen LogP contribution in [0.2, 0.25) is 0 Å². The molecule has 1 aliphatic rings. The van der Waals surface area contributed by atoms with Crippen molar-refractivity contribution in [1.82, 2.24) is 9.71 Å². The van der Waals surface area contributed by atoms with Crippen LogP contribution in [0.25, 0.3) is 27.9 Å². The van der Waals surface area contributed by atoms with Crippen molar-refractivity contribution < 1.29 is 8.42 Å². The first-order valence-corrected chi connectivity index (χ1v) is 10.9. The van der Waals surface area contributed by atoms with E-state index in [-0.39, 0.29) is 0 Å². The summed E-state index contributed by atoms with van der Waals surface area (Å²) < 4.78 is 22.7. The highest BCUT2D eigenvalue weighted by Crippen LogP contribution is 2.35. The average molecular weight is 399 g/mol. The topological polar surface area (TPSA) is 100 Å². The van der Waals surface area contributed by atoms with Gasteiger partial charge in [0.05, 0.1) is 5.69 Å². The number of nitrogens with two attached hydrogens (primary N) is 1. The van der Waals surface area contributed by atoms with Gasteiger partial charge in [-0.2, -0.15) is 8.42 Å². The van der Waals surface area contributed by atoms with Gasteiger partial charge in [-0.1, -0.05) is 56.2 Å². The molecule has 6 nitrogen and oxygen atoms in total. The number of rotatable bonds is 5. The number of para-hydroxylation sites is 1. The smallest absolute Gasteiger partial charge is 0.274 e. The van der Waals surface area contributed by atoms with Crippen LogP contribution >= 0.6 is 0 Å². The number of aromatic amines is 1. The molecule has 148 valence electrons. The summed E-state index contributed by atoms with van der Waals surface area (Å²) in [5.41, 5.74) is 4.75. The van der Waals surface area contributed by atoms with Crippen molar-refractivity contribution in [2.24, 2.45) is 5.14 Å². The molecule has 0 saturated heterocycles. The van der Waals surface area contributed by atoms with Crippen molar-refractivity contribution in [3.8, 4) is 0 Å². The highest BCUT2D eigenvalue weighted by Gasteiger charge is 2.11. The molecule has 7 heteroatoms. The van der Waals surface area contributed by atoms with Crippen LogP contribution in [0.4, 0.5) is 5.69 Å². The van der Waals surface area contributed by atoms with Gasteiger partial charge in [-0.15, -0.1) is 0 Å². The van der Waals surface area contributed by atoms with E-state index in [1.807, 2.05) is 12.3 Å². The van der Waals surface area contributed by atoms with E-state index in [1.54, 1.807) is 0 Å². The number of hydrogen-bond donors (Lipinski definition) is 4. The van der Waals surface area contributed by atoms with E-state index in [0.29, 0.717) is 6.54 Å². The zero-order valence-corrected chi connectivity index (χ0v) is 16.7. The summed E-state index contributed by atoms with van der Waals surface area (Å²) in [6.45, 7) is 2.50. The number of benzene rings is 2. The molecule has 4 rings (SSSR count). The lowest BCUT2D eigenvalue weighted by Gasteiger charge is -2.07. The van der Waals surface area contributed by atoms with Gasteiger partial charge in [0.2, 0.25) is 0 Å². The maximum Gasteiger partial charge on any atom is 0.274 e. The number of hydrogen-bond acceptors (Lipinski definition) is 3. The molecule has 0 aliphatic carbocycles. The van der Waals surface area contributed by atoms with Crippen LogP contribution in [0.1, 0.15) is 31.7 Å². The number of nitrogens with one attached hydrogen (secondary N) is 3. The average Bonchev–Trinajstić information content (AvgIpc) is 2.87. The van der Waals surface area contributed by atoms with Gasteiger partial charge in [0, 0.05) is 34.6 Å². The lowest BCUT2D eigenvalue weighted by atomic mass is 10.1. The Morgan fingerprint density at radius 2 is 1.86 bits per heavy atom. The van der Waals surface area contributed by atoms with Crippen LogP contribution in [0.15, 0.2) is 54.8 Å². The van der Waals surface area contributed by atoms with Gasteiger partial charge >= 0.3 is 0 Å². The Bertz CT molecular complexity index is 1110. The summed E-state index contributed by atoms with van der Waals surface area (Å²) in [4.78, 5) is 3.46. The second-order valence-corrected chi connectivity index (χ2v) is 8.01. The minimum absolute atomic E-state index is 0.451. The molecule has 2 heterocycles. The van der Waals surface area contributed by atoms with Gasteiger partial charge < -0.3 is 10.3 Å². The van der Waals surface area contributed by atoms with Crippen LogP contribution in [-0.2, 0) is 10.2 Å². The van der Waals surface area contributed by atoms with E-state index in [2.05, 4.69) is 75.6 Å². The molecule has 1 aliphatic heterocycles. The number of anilines is 1. The normalized spacial score (nSPS) is 12.9. The molecular weight excluding hydrogens is 372 g/mol. The van der Waals surface area contributed by atoms with E-state index in [1.165, 1.54) is 33.1 Å². The first kappa shape index (κ1) is 20.1. The molecule has 28 heavy (non-hydrogen) atoms. The van der Waals surface area contributed by atoms with Crippen LogP contribution in [0.3, 0.4) is 0 Å². The minimum Gasteiger partial charge on any atom is -0.361 e. The second-order valence-electron chi connectivity index (χ2n) is 6.63. The predicted octanol–water partition coefficient (Wildman–Crippen LogP) is 4.24. The van der Waals surface area contributed by atoms with Crippen molar-refractivity contribution in [3.05, 3.63) is 60.3 Å². The lowest BCUT2D eigenvalue weighted by molar-refractivity contribution is 0.577. The molecule has 0 saturated carbocycles. The third-order valence-electron chi connectivity index (χ3n) is 4.50. The van der Waals surface area contributed by atoms with Crippen LogP contribution in [0, 0.1) is 0 Å². The van der Waals surface area contributed by atoms with Crippen molar-refractivity contribution in [1.29, 1.82) is 0 Å². The minimum atomic E-state index is -3.45. The number of allylic oxidation sites excluding steroid dienone is 2. The highest BCUT2D eigenvalue weighted by atomic mass is 32.2. The Labute approximate surface area is 165 Å². The molecule has 1 aromatic heterocycles. The third kappa shape index (κ3) is 5.01. The summed E-state index contributed by atoms with van der Waals surface area (Å²) >= 11 is 0. The Morgan fingerprint density at radius 1 is 1.04 bits per heavy atom. The Morgan fingerprint density at radius 3 is 2.64 bits per heavy atom.